The highest BCUT2D eigenvalue weighted by Gasteiger charge is 2.38. The van der Waals surface area contributed by atoms with Gasteiger partial charge in [0, 0.05) is 29.5 Å². The van der Waals surface area contributed by atoms with Crippen LogP contribution in [0.15, 0.2) is 17.2 Å². The average Bonchev–Trinajstić information content (AvgIpc) is 2.50. The Kier molecular flexibility index (Phi) is 5.09. The van der Waals surface area contributed by atoms with Crippen LogP contribution in [0.3, 0.4) is 0 Å². The lowest BCUT2D eigenvalue weighted by atomic mass is 9.79. The Morgan fingerprint density at radius 1 is 1.00 bits per heavy atom. The van der Waals surface area contributed by atoms with Gasteiger partial charge in [-0.2, -0.15) is 0 Å². The molecule has 0 unspecified atom stereocenters. The van der Waals surface area contributed by atoms with Crippen LogP contribution < -0.4 is 10.7 Å². The number of ether oxygens (including phenoxy) is 2. The summed E-state index contributed by atoms with van der Waals surface area (Å²) in [6.45, 7) is 8.41. The Morgan fingerprint density at radius 2 is 1.40 bits per heavy atom. The number of methoxy groups -OCH3 is 2. The van der Waals surface area contributed by atoms with Crippen LogP contribution in [-0.4, -0.2) is 41.8 Å². The molecule has 0 saturated carbocycles. The molecule has 1 aliphatic heterocycles. The highest BCUT2D eigenvalue weighted by Crippen LogP contribution is 2.35. The molecule has 1 fully saturated rings. The molecule has 7 nitrogen and oxygen atoms in total. The van der Waals surface area contributed by atoms with Gasteiger partial charge in [-0.3, -0.25) is 4.79 Å². The minimum absolute atomic E-state index is 0.0127. The van der Waals surface area contributed by atoms with Crippen molar-refractivity contribution in [3.63, 3.8) is 0 Å². The second-order valence-corrected chi connectivity index (χ2v) is 7.80. The lowest BCUT2D eigenvalue weighted by Crippen LogP contribution is -2.58. The number of piperidine rings is 1. The molecule has 2 heterocycles. The van der Waals surface area contributed by atoms with E-state index in [1.54, 1.807) is 4.57 Å². The molecular weight excluding hydrogens is 324 g/mol. The predicted molar refractivity (Wildman–Crippen MR) is 92.9 cm³/mol. The second kappa shape index (κ2) is 6.63. The van der Waals surface area contributed by atoms with Crippen molar-refractivity contribution in [2.24, 2.45) is 0 Å². The molecule has 25 heavy (non-hydrogen) atoms. The van der Waals surface area contributed by atoms with Crippen LogP contribution in [0, 0.1) is 0 Å². The topological polar surface area (TPSA) is 86.6 Å². The van der Waals surface area contributed by atoms with E-state index in [2.05, 4.69) is 33.0 Å². The van der Waals surface area contributed by atoms with Gasteiger partial charge in [0.15, 0.2) is 0 Å². The fourth-order valence-electron chi connectivity index (χ4n) is 3.80. The van der Waals surface area contributed by atoms with E-state index in [9.17, 15) is 14.4 Å². The fraction of sp³-hybridized carbons (Fsp3) is 0.611. The maximum absolute atomic E-state index is 12.4. The smallest absolute Gasteiger partial charge is 0.343 e. The van der Waals surface area contributed by atoms with Gasteiger partial charge < -0.3 is 19.4 Å². The molecule has 0 spiro atoms. The zero-order valence-corrected chi connectivity index (χ0v) is 15.6. The molecule has 0 aromatic carbocycles. The number of carbonyl (C=O) groups excluding carboxylic acids is 2. The Hall–Kier alpha value is -2.15. The molecule has 0 radical (unpaired) electrons. The molecule has 2 rings (SSSR count). The number of esters is 2. The summed E-state index contributed by atoms with van der Waals surface area (Å²) < 4.78 is 11.2. The van der Waals surface area contributed by atoms with Crippen LogP contribution >= 0.6 is 0 Å². The van der Waals surface area contributed by atoms with Gasteiger partial charge in [0.1, 0.15) is 11.1 Å². The van der Waals surface area contributed by atoms with Crippen molar-refractivity contribution in [3.05, 3.63) is 33.7 Å². The standard InChI is InChI=1S/C18H26N2O5/c1-17(2)7-11(8-18(3,4)19-17)20-9-12(15(22)24-5)14(21)13(10-20)16(23)25-6/h9-11,19H,7-8H2,1-6H3. The largest absolute Gasteiger partial charge is 0.465 e. The Morgan fingerprint density at radius 3 is 1.76 bits per heavy atom. The van der Waals surface area contributed by atoms with Gasteiger partial charge in [0.2, 0.25) is 5.43 Å². The van der Waals surface area contributed by atoms with Crippen molar-refractivity contribution >= 4 is 11.9 Å². The maximum atomic E-state index is 12.4. The van der Waals surface area contributed by atoms with E-state index in [1.165, 1.54) is 26.6 Å². The number of carbonyl (C=O) groups is 2. The molecule has 1 saturated heterocycles. The summed E-state index contributed by atoms with van der Waals surface area (Å²) in [4.78, 5) is 36.4. The van der Waals surface area contributed by atoms with Gasteiger partial charge in [-0.15, -0.1) is 0 Å². The number of pyridine rings is 1. The van der Waals surface area contributed by atoms with Crippen LogP contribution in [0.2, 0.25) is 0 Å². The van der Waals surface area contributed by atoms with Gasteiger partial charge in [-0.1, -0.05) is 0 Å². The van der Waals surface area contributed by atoms with Crippen molar-refractivity contribution in [1.29, 1.82) is 0 Å². The molecular formula is C18H26N2O5. The Bertz CT molecular complexity index is 692. The van der Waals surface area contributed by atoms with Crippen LogP contribution in [0.5, 0.6) is 0 Å². The monoisotopic (exact) mass is 350 g/mol. The molecule has 1 aromatic rings. The molecule has 0 aliphatic carbocycles. The van der Waals surface area contributed by atoms with Gasteiger partial charge in [0.05, 0.1) is 14.2 Å². The van der Waals surface area contributed by atoms with Crippen molar-refractivity contribution in [1.82, 2.24) is 9.88 Å². The van der Waals surface area contributed by atoms with E-state index >= 15 is 0 Å². The third-order valence-corrected chi connectivity index (χ3v) is 4.45. The van der Waals surface area contributed by atoms with Crippen molar-refractivity contribution in [2.75, 3.05) is 14.2 Å². The van der Waals surface area contributed by atoms with Crippen LogP contribution in [-0.2, 0) is 9.47 Å². The number of rotatable bonds is 3. The van der Waals surface area contributed by atoms with E-state index in [1.807, 2.05) is 0 Å². The summed E-state index contributed by atoms with van der Waals surface area (Å²) in [5.41, 5.74) is -1.28. The minimum atomic E-state index is -0.767. The Balaban J connectivity index is 2.59. The number of nitrogens with one attached hydrogen (secondary N) is 1. The molecule has 1 N–H and O–H groups in total. The van der Waals surface area contributed by atoms with Crippen molar-refractivity contribution in [2.45, 2.75) is 57.7 Å². The van der Waals surface area contributed by atoms with E-state index in [0.29, 0.717) is 0 Å². The van der Waals surface area contributed by atoms with Gasteiger partial charge >= 0.3 is 11.9 Å². The second-order valence-electron chi connectivity index (χ2n) is 7.80. The summed E-state index contributed by atoms with van der Waals surface area (Å²) in [5.74, 6) is -1.53. The first kappa shape index (κ1) is 19.2. The zero-order valence-electron chi connectivity index (χ0n) is 15.6. The molecule has 7 heteroatoms. The van der Waals surface area contributed by atoms with Crippen LogP contribution in [0.25, 0.3) is 0 Å². The van der Waals surface area contributed by atoms with Gasteiger partial charge in [0.25, 0.3) is 0 Å². The third kappa shape index (κ3) is 4.10. The predicted octanol–water partition coefficient (Wildman–Crippen LogP) is 1.90. The molecule has 0 atom stereocenters. The maximum Gasteiger partial charge on any atom is 0.343 e. The third-order valence-electron chi connectivity index (χ3n) is 4.45. The number of hydrogen-bond acceptors (Lipinski definition) is 6. The first-order valence-corrected chi connectivity index (χ1v) is 8.21. The number of aromatic nitrogens is 1. The minimum Gasteiger partial charge on any atom is -0.465 e. The van der Waals surface area contributed by atoms with Crippen molar-refractivity contribution < 1.29 is 19.1 Å². The number of hydrogen-bond donors (Lipinski definition) is 1. The summed E-state index contributed by atoms with van der Waals surface area (Å²) in [6.07, 6.45) is 4.51. The molecule has 1 aliphatic rings. The average molecular weight is 350 g/mol. The SMILES string of the molecule is COC(=O)c1cn(C2CC(C)(C)NC(C)(C)C2)cc(C(=O)OC)c1=O. The lowest BCUT2D eigenvalue weighted by molar-refractivity contribution is 0.0592. The van der Waals surface area contributed by atoms with E-state index in [0.717, 1.165) is 12.8 Å². The van der Waals surface area contributed by atoms with Crippen LogP contribution in [0.1, 0.15) is 67.3 Å². The highest BCUT2D eigenvalue weighted by molar-refractivity contribution is 5.94. The summed E-state index contributed by atoms with van der Waals surface area (Å²) in [6, 6.07) is 0.0127. The normalized spacial score (nSPS) is 19.3. The summed E-state index contributed by atoms with van der Waals surface area (Å²) >= 11 is 0. The molecule has 0 amide bonds. The first-order chi connectivity index (χ1) is 11.5. The zero-order chi connectivity index (χ0) is 19.0. The highest BCUT2D eigenvalue weighted by atomic mass is 16.5. The quantitative estimate of drug-likeness (QED) is 0.838. The Labute approximate surface area is 147 Å². The van der Waals surface area contributed by atoms with Gasteiger partial charge in [-0.25, -0.2) is 9.59 Å². The summed E-state index contributed by atoms with van der Waals surface area (Å²) in [5, 5.41) is 3.58. The number of nitrogens with zero attached hydrogens (tertiary/aromatic N) is 1. The first-order valence-electron chi connectivity index (χ1n) is 8.21. The van der Waals surface area contributed by atoms with Crippen LogP contribution in [0.4, 0.5) is 0 Å². The fourth-order valence-corrected chi connectivity index (χ4v) is 3.80. The molecule has 0 bridgehead atoms. The lowest BCUT2D eigenvalue weighted by Gasteiger charge is -2.47. The van der Waals surface area contributed by atoms with E-state index in [-0.39, 0.29) is 28.2 Å². The summed E-state index contributed by atoms with van der Waals surface area (Å²) in [7, 11) is 2.40. The molecule has 138 valence electrons. The van der Waals surface area contributed by atoms with E-state index in [4.69, 9.17) is 9.47 Å². The van der Waals surface area contributed by atoms with Crippen molar-refractivity contribution in [3.8, 4) is 0 Å². The van der Waals surface area contributed by atoms with Gasteiger partial charge in [-0.05, 0) is 40.5 Å². The molecule has 1 aromatic heterocycles. The van der Waals surface area contributed by atoms with E-state index < -0.39 is 17.4 Å².